The van der Waals surface area contributed by atoms with Crippen LogP contribution in [0.15, 0.2) is 0 Å². The van der Waals surface area contributed by atoms with E-state index in [1.807, 2.05) is 0 Å². The highest BCUT2D eigenvalue weighted by Gasteiger charge is 2.10. The monoisotopic (exact) mass is 206 g/mol. The maximum absolute atomic E-state index is 11.2. The molecule has 0 aromatic heterocycles. The summed E-state index contributed by atoms with van der Waals surface area (Å²) in [6.07, 6.45) is 1.05. The predicted octanol–water partition coefficient (Wildman–Crippen LogP) is 0.210. The molecule has 0 aliphatic rings. The predicted molar refractivity (Wildman–Crippen MR) is 51.7 cm³/mol. The second-order valence-electron chi connectivity index (χ2n) is 2.72. The molecule has 76 valence electrons. The lowest BCUT2D eigenvalue weighted by atomic mass is 10.3. The lowest BCUT2D eigenvalue weighted by Gasteiger charge is -2.15. The van der Waals surface area contributed by atoms with E-state index in [4.69, 9.17) is 11.6 Å². The molecular formula is C8H15ClN2O2. The van der Waals surface area contributed by atoms with Gasteiger partial charge >= 0.3 is 0 Å². The molecule has 0 rings (SSSR count). The van der Waals surface area contributed by atoms with Crippen molar-refractivity contribution in [1.82, 2.24) is 10.2 Å². The number of carbonyl (C=O) groups excluding carboxylic acids is 2. The Morgan fingerprint density at radius 2 is 2.08 bits per heavy atom. The van der Waals surface area contributed by atoms with Crippen LogP contribution in [0.5, 0.6) is 0 Å². The quantitative estimate of drug-likeness (QED) is 0.654. The molecular weight excluding hydrogens is 192 g/mol. The first-order valence-corrected chi connectivity index (χ1v) is 4.65. The van der Waals surface area contributed by atoms with E-state index in [-0.39, 0.29) is 18.4 Å². The summed E-state index contributed by atoms with van der Waals surface area (Å²) < 4.78 is 0. The van der Waals surface area contributed by atoms with Gasteiger partial charge < -0.3 is 10.2 Å². The smallest absolute Gasteiger partial charge is 0.239 e. The van der Waals surface area contributed by atoms with Crippen molar-refractivity contribution in [3.63, 3.8) is 0 Å². The fourth-order valence-corrected chi connectivity index (χ4v) is 0.925. The Balaban J connectivity index is 3.75. The van der Waals surface area contributed by atoms with Crippen LogP contribution in [0.2, 0.25) is 0 Å². The standard InChI is InChI=1S/C8H15ClN2O2/c1-10-7(12)6-11(2)8(13)4-3-5-9/h3-6H2,1-2H3,(H,10,12). The maximum Gasteiger partial charge on any atom is 0.239 e. The van der Waals surface area contributed by atoms with Crippen LogP contribution < -0.4 is 5.32 Å². The Morgan fingerprint density at radius 1 is 1.46 bits per heavy atom. The first kappa shape index (κ1) is 12.2. The third-order valence-corrected chi connectivity index (χ3v) is 1.88. The lowest BCUT2D eigenvalue weighted by Crippen LogP contribution is -2.36. The first-order valence-electron chi connectivity index (χ1n) is 4.12. The summed E-state index contributed by atoms with van der Waals surface area (Å²) in [6.45, 7) is 0.109. The molecule has 13 heavy (non-hydrogen) atoms. The van der Waals surface area contributed by atoms with E-state index in [1.54, 1.807) is 14.1 Å². The molecule has 0 saturated carbocycles. The zero-order valence-electron chi connectivity index (χ0n) is 7.97. The van der Waals surface area contributed by atoms with Crippen LogP contribution in [0.25, 0.3) is 0 Å². The number of halogens is 1. The zero-order chi connectivity index (χ0) is 10.3. The van der Waals surface area contributed by atoms with Crippen molar-refractivity contribution in [2.24, 2.45) is 0 Å². The van der Waals surface area contributed by atoms with Crippen LogP contribution in [0.3, 0.4) is 0 Å². The van der Waals surface area contributed by atoms with Crippen molar-refractivity contribution >= 4 is 23.4 Å². The van der Waals surface area contributed by atoms with Gasteiger partial charge in [0.25, 0.3) is 0 Å². The molecule has 4 nitrogen and oxygen atoms in total. The molecule has 0 fully saturated rings. The van der Waals surface area contributed by atoms with Crippen molar-refractivity contribution in [2.45, 2.75) is 12.8 Å². The van der Waals surface area contributed by atoms with Gasteiger partial charge in [-0.15, -0.1) is 11.6 Å². The third-order valence-electron chi connectivity index (χ3n) is 1.61. The van der Waals surface area contributed by atoms with E-state index in [0.29, 0.717) is 18.7 Å². The summed E-state index contributed by atoms with van der Waals surface area (Å²) >= 11 is 5.43. The molecule has 0 aromatic carbocycles. The molecule has 0 spiro atoms. The van der Waals surface area contributed by atoms with Crippen LogP contribution >= 0.6 is 11.6 Å². The van der Waals surface area contributed by atoms with Crippen LogP contribution in [-0.2, 0) is 9.59 Å². The highest BCUT2D eigenvalue weighted by atomic mass is 35.5. The summed E-state index contributed by atoms with van der Waals surface area (Å²) in [7, 11) is 3.14. The van der Waals surface area contributed by atoms with Gasteiger partial charge in [0.1, 0.15) is 0 Å². The fraction of sp³-hybridized carbons (Fsp3) is 0.750. The maximum atomic E-state index is 11.2. The van der Waals surface area contributed by atoms with Crippen molar-refractivity contribution in [3.8, 4) is 0 Å². The highest BCUT2D eigenvalue weighted by Crippen LogP contribution is 1.96. The topological polar surface area (TPSA) is 49.4 Å². The Hall–Kier alpha value is -0.770. The Bertz CT molecular complexity index is 185. The van der Waals surface area contributed by atoms with Gasteiger partial charge in [0.2, 0.25) is 11.8 Å². The molecule has 0 aliphatic heterocycles. The van der Waals surface area contributed by atoms with Crippen molar-refractivity contribution in [2.75, 3.05) is 26.5 Å². The summed E-state index contributed by atoms with van der Waals surface area (Å²) in [5.41, 5.74) is 0. The van der Waals surface area contributed by atoms with Gasteiger partial charge in [-0.05, 0) is 6.42 Å². The summed E-state index contributed by atoms with van der Waals surface area (Å²) in [6, 6.07) is 0. The Morgan fingerprint density at radius 3 is 2.54 bits per heavy atom. The van der Waals surface area contributed by atoms with Gasteiger partial charge in [0, 0.05) is 26.4 Å². The van der Waals surface area contributed by atoms with E-state index in [1.165, 1.54) is 4.90 Å². The van der Waals surface area contributed by atoms with Crippen molar-refractivity contribution in [3.05, 3.63) is 0 Å². The summed E-state index contributed by atoms with van der Waals surface area (Å²) in [4.78, 5) is 23.5. The number of amides is 2. The minimum atomic E-state index is -0.165. The second-order valence-corrected chi connectivity index (χ2v) is 3.09. The van der Waals surface area contributed by atoms with Crippen LogP contribution in [0.1, 0.15) is 12.8 Å². The average molecular weight is 207 g/mol. The van der Waals surface area contributed by atoms with Crippen LogP contribution in [0.4, 0.5) is 0 Å². The summed E-state index contributed by atoms with van der Waals surface area (Å²) in [5, 5.41) is 2.45. The van der Waals surface area contributed by atoms with Gasteiger partial charge in [0.15, 0.2) is 0 Å². The number of rotatable bonds is 5. The number of hydrogen-bond acceptors (Lipinski definition) is 2. The molecule has 1 N–H and O–H groups in total. The van der Waals surface area contributed by atoms with E-state index in [9.17, 15) is 9.59 Å². The molecule has 2 amide bonds. The molecule has 0 unspecified atom stereocenters. The van der Waals surface area contributed by atoms with Gasteiger partial charge in [-0.1, -0.05) is 0 Å². The zero-order valence-corrected chi connectivity index (χ0v) is 8.73. The molecule has 0 aromatic rings. The van der Waals surface area contributed by atoms with E-state index in [2.05, 4.69) is 5.32 Å². The minimum Gasteiger partial charge on any atom is -0.358 e. The average Bonchev–Trinajstić information content (AvgIpc) is 2.13. The molecule has 0 heterocycles. The van der Waals surface area contributed by atoms with Gasteiger partial charge in [-0.2, -0.15) is 0 Å². The van der Waals surface area contributed by atoms with Crippen molar-refractivity contribution < 1.29 is 9.59 Å². The first-order chi connectivity index (χ1) is 6.11. The number of alkyl halides is 1. The van der Waals surface area contributed by atoms with Gasteiger partial charge in [0.05, 0.1) is 6.54 Å². The summed E-state index contributed by atoms with van der Waals surface area (Å²) in [5.74, 6) is 0.255. The number of nitrogens with one attached hydrogen (secondary N) is 1. The fourth-order valence-electron chi connectivity index (χ4n) is 0.792. The lowest BCUT2D eigenvalue weighted by molar-refractivity contribution is -0.134. The molecule has 0 aliphatic carbocycles. The number of nitrogens with zero attached hydrogens (tertiary/aromatic N) is 1. The number of carbonyl (C=O) groups is 2. The van der Waals surface area contributed by atoms with Crippen LogP contribution in [0, 0.1) is 0 Å². The Labute approximate surface area is 83.2 Å². The van der Waals surface area contributed by atoms with E-state index in [0.717, 1.165) is 0 Å². The molecule has 0 bridgehead atoms. The third kappa shape index (κ3) is 5.47. The molecule has 5 heteroatoms. The number of likely N-dealkylation sites (N-methyl/N-ethyl adjacent to an activating group) is 2. The minimum absolute atomic E-state index is 0.0516. The molecule has 0 radical (unpaired) electrons. The molecule has 0 atom stereocenters. The molecule has 0 saturated heterocycles. The second kappa shape index (κ2) is 6.71. The van der Waals surface area contributed by atoms with Crippen LogP contribution in [-0.4, -0.2) is 43.2 Å². The SMILES string of the molecule is CNC(=O)CN(C)C(=O)CCCCl. The normalized spacial score (nSPS) is 9.46. The highest BCUT2D eigenvalue weighted by molar-refractivity contribution is 6.17. The van der Waals surface area contributed by atoms with Gasteiger partial charge in [-0.25, -0.2) is 0 Å². The van der Waals surface area contributed by atoms with Gasteiger partial charge in [-0.3, -0.25) is 9.59 Å². The largest absolute Gasteiger partial charge is 0.358 e. The number of hydrogen-bond donors (Lipinski definition) is 1. The van der Waals surface area contributed by atoms with E-state index < -0.39 is 0 Å². The van der Waals surface area contributed by atoms with Crippen molar-refractivity contribution in [1.29, 1.82) is 0 Å². The Kier molecular flexibility index (Phi) is 6.32. The van der Waals surface area contributed by atoms with E-state index >= 15 is 0 Å².